The summed E-state index contributed by atoms with van der Waals surface area (Å²) in [4.78, 5) is 22.2. The highest BCUT2D eigenvalue weighted by Crippen LogP contribution is 2.23. The van der Waals surface area contributed by atoms with E-state index in [1.54, 1.807) is 18.2 Å². The third kappa shape index (κ3) is 5.14. The minimum atomic E-state index is -0.509. The van der Waals surface area contributed by atoms with E-state index in [4.69, 9.17) is 9.47 Å². The van der Waals surface area contributed by atoms with Gasteiger partial charge in [-0.1, -0.05) is 30.3 Å². The third-order valence-corrected chi connectivity index (χ3v) is 3.18. The molecule has 0 unspecified atom stereocenters. The molecule has 0 fully saturated rings. The van der Waals surface area contributed by atoms with Crippen molar-refractivity contribution in [1.29, 1.82) is 0 Å². The van der Waals surface area contributed by atoms with E-state index in [0.29, 0.717) is 30.0 Å². The van der Waals surface area contributed by atoms with Gasteiger partial charge in [-0.25, -0.2) is 4.79 Å². The molecule has 2 aromatic carbocycles. The van der Waals surface area contributed by atoms with Gasteiger partial charge in [0.15, 0.2) is 12.9 Å². The quantitative estimate of drug-likeness (QED) is 0.554. The highest BCUT2D eigenvalue weighted by atomic mass is 16.6. The second-order valence-electron chi connectivity index (χ2n) is 4.77. The molecule has 5 heteroatoms. The molecule has 0 saturated heterocycles. The molecule has 2 aromatic rings. The smallest absolute Gasteiger partial charge is 0.343 e. The number of hydrogen-bond acceptors (Lipinski definition) is 5. The molecule has 0 bridgehead atoms. The van der Waals surface area contributed by atoms with E-state index in [-0.39, 0.29) is 6.61 Å². The number of ether oxygens (including phenoxy) is 3. The van der Waals surface area contributed by atoms with Gasteiger partial charge in [0.05, 0.1) is 19.3 Å². The predicted octanol–water partition coefficient (Wildman–Crippen LogP) is 2.67. The Morgan fingerprint density at radius 1 is 1.09 bits per heavy atom. The van der Waals surface area contributed by atoms with Crippen molar-refractivity contribution in [2.75, 3.05) is 20.3 Å². The van der Waals surface area contributed by atoms with E-state index in [1.807, 2.05) is 30.3 Å². The van der Waals surface area contributed by atoms with Gasteiger partial charge in [-0.3, -0.25) is 4.79 Å². The molecule has 0 amide bonds. The Morgan fingerprint density at radius 2 is 1.87 bits per heavy atom. The van der Waals surface area contributed by atoms with Crippen LogP contribution in [0.5, 0.6) is 11.5 Å². The Bertz CT molecular complexity index is 652. The summed E-state index contributed by atoms with van der Waals surface area (Å²) in [5.41, 5.74) is 1.51. The number of carbonyl (C=O) groups is 2. The summed E-state index contributed by atoms with van der Waals surface area (Å²) in [6.45, 7) is 0.260. The van der Waals surface area contributed by atoms with Crippen molar-refractivity contribution in [1.82, 2.24) is 0 Å². The normalized spacial score (nSPS) is 9.96. The van der Waals surface area contributed by atoms with Crippen LogP contribution in [-0.2, 0) is 16.0 Å². The topological polar surface area (TPSA) is 61.8 Å². The molecule has 5 nitrogen and oxygen atoms in total. The molecule has 0 radical (unpaired) electrons. The largest absolute Gasteiger partial charge is 0.493 e. The molecule has 0 spiro atoms. The minimum Gasteiger partial charge on any atom is -0.493 e. The van der Waals surface area contributed by atoms with Crippen LogP contribution in [0.4, 0.5) is 0 Å². The van der Waals surface area contributed by atoms with Crippen LogP contribution in [0, 0.1) is 0 Å². The van der Waals surface area contributed by atoms with Crippen LogP contribution in [-0.4, -0.2) is 32.6 Å². The standard InChI is InChI=1S/C18H18O5/c1-21-18(20)13-23-17-8-7-16(11-15(17)12-19)22-10-9-14-5-3-2-4-6-14/h2-8,11-12H,9-10,13H2,1H3. The lowest BCUT2D eigenvalue weighted by atomic mass is 10.2. The summed E-state index contributed by atoms with van der Waals surface area (Å²) in [7, 11) is 1.27. The number of hydrogen-bond donors (Lipinski definition) is 0. The first-order valence-corrected chi connectivity index (χ1v) is 7.18. The monoisotopic (exact) mass is 314 g/mol. The van der Waals surface area contributed by atoms with Crippen molar-refractivity contribution in [2.24, 2.45) is 0 Å². The fraction of sp³-hybridized carbons (Fsp3) is 0.222. The molecule has 0 N–H and O–H groups in total. The van der Waals surface area contributed by atoms with Crippen LogP contribution in [0.25, 0.3) is 0 Å². The van der Waals surface area contributed by atoms with Crippen molar-refractivity contribution >= 4 is 12.3 Å². The predicted molar refractivity (Wildman–Crippen MR) is 85.0 cm³/mol. The zero-order valence-electron chi connectivity index (χ0n) is 12.9. The molecule has 2 rings (SSSR count). The first-order chi connectivity index (χ1) is 11.2. The number of rotatable bonds is 8. The molecule has 0 saturated carbocycles. The molecule has 0 aliphatic carbocycles. The van der Waals surface area contributed by atoms with Crippen LogP contribution in [0.15, 0.2) is 48.5 Å². The number of aldehydes is 1. The fourth-order valence-electron chi connectivity index (χ4n) is 1.97. The number of benzene rings is 2. The number of carbonyl (C=O) groups excluding carboxylic acids is 2. The zero-order valence-corrected chi connectivity index (χ0v) is 12.9. The molecule has 0 aromatic heterocycles. The lowest BCUT2D eigenvalue weighted by Crippen LogP contribution is -2.13. The maximum atomic E-state index is 11.1. The van der Waals surface area contributed by atoms with Gasteiger partial charge in [0.25, 0.3) is 0 Å². The molecule has 0 aliphatic rings. The molecule has 0 aliphatic heterocycles. The molecule has 120 valence electrons. The van der Waals surface area contributed by atoms with Gasteiger partial charge in [-0.2, -0.15) is 0 Å². The van der Waals surface area contributed by atoms with Gasteiger partial charge >= 0.3 is 5.97 Å². The Labute approximate surface area is 134 Å². The summed E-state index contributed by atoms with van der Waals surface area (Å²) in [5.74, 6) is 0.388. The van der Waals surface area contributed by atoms with E-state index in [0.717, 1.165) is 6.42 Å². The van der Waals surface area contributed by atoms with Gasteiger partial charge in [0.1, 0.15) is 11.5 Å². The summed E-state index contributed by atoms with van der Waals surface area (Å²) in [6, 6.07) is 14.9. The maximum absolute atomic E-state index is 11.1. The van der Waals surface area contributed by atoms with Gasteiger partial charge in [-0.05, 0) is 23.8 Å². The first kappa shape index (κ1) is 16.5. The van der Waals surface area contributed by atoms with E-state index in [2.05, 4.69) is 4.74 Å². The van der Waals surface area contributed by atoms with E-state index < -0.39 is 5.97 Å². The second-order valence-corrected chi connectivity index (χ2v) is 4.77. The van der Waals surface area contributed by atoms with Crippen molar-refractivity contribution in [3.05, 3.63) is 59.7 Å². The summed E-state index contributed by atoms with van der Waals surface area (Å²) in [6.07, 6.45) is 1.44. The lowest BCUT2D eigenvalue weighted by Gasteiger charge is -2.10. The molecular weight excluding hydrogens is 296 g/mol. The van der Waals surface area contributed by atoms with Crippen molar-refractivity contribution in [3.8, 4) is 11.5 Å². The van der Waals surface area contributed by atoms with Gasteiger partial charge < -0.3 is 14.2 Å². The average molecular weight is 314 g/mol. The second kappa shape index (κ2) is 8.58. The first-order valence-electron chi connectivity index (χ1n) is 7.18. The van der Waals surface area contributed by atoms with Crippen molar-refractivity contribution in [3.63, 3.8) is 0 Å². The molecule has 0 atom stereocenters. The lowest BCUT2D eigenvalue weighted by molar-refractivity contribution is -0.142. The Hall–Kier alpha value is -2.82. The van der Waals surface area contributed by atoms with Gasteiger partial charge in [-0.15, -0.1) is 0 Å². The van der Waals surface area contributed by atoms with E-state index in [1.165, 1.54) is 12.7 Å². The van der Waals surface area contributed by atoms with Crippen LogP contribution in [0.2, 0.25) is 0 Å². The third-order valence-electron chi connectivity index (χ3n) is 3.18. The van der Waals surface area contributed by atoms with E-state index in [9.17, 15) is 9.59 Å². The molecule has 0 heterocycles. The summed E-state index contributed by atoms with van der Waals surface area (Å²) in [5, 5.41) is 0. The number of methoxy groups -OCH3 is 1. The Balaban J connectivity index is 1.92. The Morgan fingerprint density at radius 3 is 2.57 bits per heavy atom. The number of esters is 1. The zero-order chi connectivity index (χ0) is 16.5. The van der Waals surface area contributed by atoms with Crippen LogP contribution in [0.1, 0.15) is 15.9 Å². The summed E-state index contributed by atoms with van der Waals surface area (Å²) >= 11 is 0. The highest BCUT2D eigenvalue weighted by Gasteiger charge is 2.08. The van der Waals surface area contributed by atoms with Crippen LogP contribution >= 0.6 is 0 Å². The fourth-order valence-corrected chi connectivity index (χ4v) is 1.97. The SMILES string of the molecule is COC(=O)COc1ccc(OCCc2ccccc2)cc1C=O. The van der Waals surface area contributed by atoms with Crippen molar-refractivity contribution in [2.45, 2.75) is 6.42 Å². The molecular formula is C18H18O5. The van der Waals surface area contributed by atoms with Crippen LogP contribution < -0.4 is 9.47 Å². The summed E-state index contributed by atoms with van der Waals surface area (Å²) < 4.78 is 15.4. The Kier molecular flexibility index (Phi) is 6.17. The average Bonchev–Trinajstić information content (AvgIpc) is 2.61. The van der Waals surface area contributed by atoms with Crippen molar-refractivity contribution < 1.29 is 23.8 Å². The van der Waals surface area contributed by atoms with E-state index >= 15 is 0 Å². The minimum absolute atomic E-state index is 0.244. The molecule has 23 heavy (non-hydrogen) atoms. The van der Waals surface area contributed by atoms with Gasteiger partial charge in [0, 0.05) is 6.42 Å². The maximum Gasteiger partial charge on any atom is 0.343 e. The highest BCUT2D eigenvalue weighted by molar-refractivity contribution is 5.80. The van der Waals surface area contributed by atoms with Gasteiger partial charge in [0.2, 0.25) is 0 Å². The van der Waals surface area contributed by atoms with Crippen LogP contribution in [0.3, 0.4) is 0 Å².